The second-order valence-electron chi connectivity index (χ2n) is 7.78. The van der Waals surface area contributed by atoms with Gasteiger partial charge in [0.15, 0.2) is 18.2 Å². The molecule has 1 aromatic carbocycles. The Morgan fingerprint density at radius 1 is 0.871 bits per heavy atom. The Balaban J connectivity index is 1.24. The third-order valence-electron chi connectivity index (χ3n) is 5.91. The highest BCUT2D eigenvalue weighted by Crippen LogP contribution is 2.19. The molecule has 1 amide bonds. The fourth-order valence-electron chi connectivity index (χ4n) is 3.90. The van der Waals surface area contributed by atoms with Crippen molar-refractivity contribution >= 4 is 29.1 Å². The lowest BCUT2D eigenvalue weighted by Gasteiger charge is -2.36. The number of carbonyl (C=O) groups excluding carboxylic acids is 1. The number of anilines is 2. The molecule has 0 atom stereocenters. The third-order valence-corrected chi connectivity index (χ3v) is 6.16. The van der Waals surface area contributed by atoms with Gasteiger partial charge in [-0.2, -0.15) is 0 Å². The highest BCUT2D eigenvalue weighted by Gasteiger charge is 2.23. The zero-order chi connectivity index (χ0) is 21.6. The molecule has 0 saturated carbocycles. The average molecular weight is 445 g/mol. The quantitative estimate of drug-likeness (QED) is 0.675. The molecule has 2 saturated heterocycles. The molecule has 2 aliphatic heterocycles. The lowest BCUT2D eigenvalue weighted by Crippen LogP contribution is -2.50. The number of ether oxygens (including phenoxy) is 1. The van der Waals surface area contributed by atoms with E-state index in [1.54, 1.807) is 24.3 Å². The Labute approximate surface area is 188 Å². The van der Waals surface area contributed by atoms with E-state index in [2.05, 4.69) is 37.9 Å². The Bertz CT molecular complexity index is 847. The van der Waals surface area contributed by atoms with Crippen LogP contribution in [-0.4, -0.2) is 91.4 Å². The van der Waals surface area contributed by atoms with Crippen LogP contribution >= 0.6 is 11.6 Å². The molecule has 2 aromatic rings. The Hall–Kier alpha value is -2.58. The van der Waals surface area contributed by atoms with Gasteiger partial charge in [0.2, 0.25) is 0 Å². The number of hydrogen-bond acceptors (Lipinski definition) is 7. The molecule has 2 aliphatic rings. The molecule has 1 aromatic heterocycles. The monoisotopic (exact) mass is 444 g/mol. The first-order chi connectivity index (χ1) is 15.1. The molecular formula is C22H29ClN6O2. The van der Waals surface area contributed by atoms with E-state index in [0.29, 0.717) is 23.9 Å². The van der Waals surface area contributed by atoms with Crippen molar-refractivity contribution in [2.75, 3.05) is 75.3 Å². The van der Waals surface area contributed by atoms with Crippen LogP contribution in [0.1, 0.15) is 6.92 Å². The summed E-state index contributed by atoms with van der Waals surface area (Å²) in [5.74, 6) is 2.43. The summed E-state index contributed by atoms with van der Waals surface area (Å²) in [6.45, 7) is 10.2. The van der Waals surface area contributed by atoms with E-state index in [9.17, 15) is 4.79 Å². The second-order valence-corrected chi connectivity index (χ2v) is 8.22. The number of carbonyl (C=O) groups is 1. The molecule has 0 spiro atoms. The maximum atomic E-state index is 12.5. The van der Waals surface area contributed by atoms with Gasteiger partial charge in [0.05, 0.1) is 0 Å². The molecular weight excluding hydrogens is 416 g/mol. The van der Waals surface area contributed by atoms with Crippen molar-refractivity contribution < 1.29 is 9.53 Å². The van der Waals surface area contributed by atoms with E-state index in [1.165, 1.54) is 0 Å². The fourth-order valence-corrected chi connectivity index (χ4v) is 4.03. The van der Waals surface area contributed by atoms with Gasteiger partial charge in [-0.05, 0) is 42.9 Å². The van der Waals surface area contributed by atoms with Crippen LogP contribution in [-0.2, 0) is 4.79 Å². The van der Waals surface area contributed by atoms with E-state index in [0.717, 1.165) is 57.4 Å². The van der Waals surface area contributed by atoms with Gasteiger partial charge in [-0.3, -0.25) is 4.79 Å². The molecule has 8 nitrogen and oxygen atoms in total. The summed E-state index contributed by atoms with van der Waals surface area (Å²) >= 11 is 5.87. The first-order valence-corrected chi connectivity index (χ1v) is 11.2. The lowest BCUT2D eigenvalue weighted by molar-refractivity contribution is -0.133. The first-order valence-electron chi connectivity index (χ1n) is 10.8. The largest absolute Gasteiger partial charge is 0.484 e. The van der Waals surface area contributed by atoms with Gasteiger partial charge in [-0.15, -0.1) is 10.2 Å². The Kier molecular flexibility index (Phi) is 7.09. The van der Waals surface area contributed by atoms with E-state index < -0.39 is 0 Å². The van der Waals surface area contributed by atoms with E-state index >= 15 is 0 Å². The summed E-state index contributed by atoms with van der Waals surface area (Å²) in [5.41, 5.74) is 0. The van der Waals surface area contributed by atoms with Crippen LogP contribution in [0.3, 0.4) is 0 Å². The maximum absolute atomic E-state index is 12.5. The van der Waals surface area contributed by atoms with Crippen molar-refractivity contribution in [2.45, 2.75) is 6.92 Å². The van der Waals surface area contributed by atoms with Gasteiger partial charge in [0.25, 0.3) is 5.91 Å². The highest BCUT2D eigenvalue weighted by molar-refractivity contribution is 6.30. The number of rotatable bonds is 6. The summed E-state index contributed by atoms with van der Waals surface area (Å²) < 4.78 is 5.58. The van der Waals surface area contributed by atoms with Crippen LogP contribution in [0, 0.1) is 0 Å². The Morgan fingerprint density at radius 2 is 1.42 bits per heavy atom. The van der Waals surface area contributed by atoms with Crippen LogP contribution in [0.2, 0.25) is 5.02 Å². The molecule has 9 heteroatoms. The first kappa shape index (κ1) is 21.6. The number of halogens is 1. The van der Waals surface area contributed by atoms with Crippen molar-refractivity contribution in [1.82, 2.24) is 20.0 Å². The minimum Gasteiger partial charge on any atom is -0.484 e. The van der Waals surface area contributed by atoms with E-state index in [1.807, 2.05) is 11.0 Å². The van der Waals surface area contributed by atoms with Gasteiger partial charge in [-0.1, -0.05) is 18.5 Å². The molecule has 166 valence electrons. The van der Waals surface area contributed by atoms with Gasteiger partial charge in [0.1, 0.15) is 5.75 Å². The van der Waals surface area contributed by atoms with E-state index in [-0.39, 0.29) is 12.5 Å². The summed E-state index contributed by atoms with van der Waals surface area (Å²) in [4.78, 5) is 21.2. The Morgan fingerprint density at radius 3 is 1.94 bits per heavy atom. The standard InChI is InChI=1S/C22H29ClN6O2/c1-2-26-9-11-27(12-10-26)20-7-8-21(25-24-20)28-13-15-29(16-14-28)22(30)17-31-19-5-3-18(23)4-6-19/h3-8H,2,9-17H2,1H3. The lowest BCUT2D eigenvalue weighted by atomic mass is 10.3. The predicted octanol–water partition coefficient (Wildman–Crippen LogP) is 2.00. The number of likely N-dealkylation sites (N-methyl/N-ethyl adjacent to an activating group) is 1. The molecule has 0 aliphatic carbocycles. The van der Waals surface area contributed by atoms with Crippen molar-refractivity contribution in [3.8, 4) is 5.75 Å². The number of aromatic nitrogens is 2. The van der Waals surface area contributed by atoms with Gasteiger partial charge in [-0.25, -0.2) is 0 Å². The number of nitrogens with zero attached hydrogens (tertiary/aromatic N) is 6. The van der Waals surface area contributed by atoms with Crippen molar-refractivity contribution in [1.29, 1.82) is 0 Å². The molecule has 4 rings (SSSR count). The summed E-state index contributed by atoms with van der Waals surface area (Å²) in [6.07, 6.45) is 0. The van der Waals surface area contributed by atoms with Crippen molar-refractivity contribution in [2.24, 2.45) is 0 Å². The van der Waals surface area contributed by atoms with Crippen LogP contribution in [0.4, 0.5) is 11.6 Å². The second kappa shape index (κ2) is 10.2. The van der Waals surface area contributed by atoms with Crippen molar-refractivity contribution in [3.05, 3.63) is 41.4 Å². The molecule has 0 radical (unpaired) electrons. The number of amides is 1. The van der Waals surface area contributed by atoms with E-state index in [4.69, 9.17) is 16.3 Å². The van der Waals surface area contributed by atoms with Gasteiger partial charge >= 0.3 is 0 Å². The number of benzene rings is 1. The minimum absolute atomic E-state index is 0.0118. The van der Waals surface area contributed by atoms with Crippen molar-refractivity contribution in [3.63, 3.8) is 0 Å². The normalized spacial score (nSPS) is 17.7. The molecule has 0 unspecified atom stereocenters. The summed E-state index contributed by atoms with van der Waals surface area (Å²) in [7, 11) is 0. The smallest absolute Gasteiger partial charge is 0.260 e. The molecule has 2 fully saturated rings. The fraction of sp³-hybridized carbons (Fsp3) is 0.500. The van der Waals surface area contributed by atoms with Crippen LogP contribution in [0.5, 0.6) is 5.75 Å². The summed E-state index contributed by atoms with van der Waals surface area (Å²) in [5, 5.41) is 9.55. The predicted molar refractivity (Wildman–Crippen MR) is 122 cm³/mol. The molecule has 0 N–H and O–H groups in total. The van der Waals surface area contributed by atoms with Crippen LogP contribution in [0.25, 0.3) is 0 Å². The highest BCUT2D eigenvalue weighted by atomic mass is 35.5. The number of hydrogen-bond donors (Lipinski definition) is 0. The van der Waals surface area contributed by atoms with Gasteiger partial charge in [0, 0.05) is 57.4 Å². The zero-order valence-electron chi connectivity index (χ0n) is 17.9. The minimum atomic E-state index is -0.0118. The topological polar surface area (TPSA) is 65.0 Å². The van der Waals surface area contributed by atoms with Crippen LogP contribution < -0.4 is 14.5 Å². The third kappa shape index (κ3) is 5.57. The zero-order valence-corrected chi connectivity index (χ0v) is 18.7. The average Bonchev–Trinajstić information content (AvgIpc) is 2.84. The van der Waals surface area contributed by atoms with Crippen LogP contribution in [0.15, 0.2) is 36.4 Å². The molecule has 0 bridgehead atoms. The number of piperazine rings is 2. The SMILES string of the molecule is CCN1CCN(c2ccc(N3CCN(C(=O)COc4ccc(Cl)cc4)CC3)nn2)CC1. The summed E-state index contributed by atoms with van der Waals surface area (Å²) in [6, 6.07) is 11.1. The molecule has 3 heterocycles. The van der Waals surface area contributed by atoms with Gasteiger partial charge < -0.3 is 24.3 Å². The maximum Gasteiger partial charge on any atom is 0.260 e. The molecule has 31 heavy (non-hydrogen) atoms.